The number of aryl methyl sites for hydroxylation is 2. The second-order valence-corrected chi connectivity index (χ2v) is 7.50. The summed E-state index contributed by atoms with van der Waals surface area (Å²) in [6.45, 7) is 7.76. The summed E-state index contributed by atoms with van der Waals surface area (Å²) in [5, 5.41) is 2.80. The third-order valence-electron chi connectivity index (χ3n) is 3.35. The summed E-state index contributed by atoms with van der Waals surface area (Å²) >= 11 is 0. The Morgan fingerprint density at radius 1 is 1.24 bits per heavy atom. The van der Waals surface area contributed by atoms with E-state index in [9.17, 15) is 13.2 Å². The van der Waals surface area contributed by atoms with Crippen LogP contribution in [-0.4, -0.2) is 37.5 Å². The average molecular weight is 312 g/mol. The van der Waals surface area contributed by atoms with Crippen molar-refractivity contribution >= 4 is 21.6 Å². The van der Waals surface area contributed by atoms with Gasteiger partial charge in [0, 0.05) is 24.7 Å². The van der Waals surface area contributed by atoms with Crippen LogP contribution in [0.1, 0.15) is 31.4 Å². The standard InChI is InChI=1S/C15H24N2O3S/c1-11(2)17(21(5,19)20)9-8-15(18)16-14-7-6-12(3)13(4)10-14/h6-7,10-11H,8-9H2,1-5H3,(H,16,18). The highest BCUT2D eigenvalue weighted by Gasteiger charge is 2.20. The molecule has 0 bridgehead atoms. The van der Waals surface area contributed by atoms with E-state index in [1.54, 1.807) is 13.8 Å². The van der Waals surface area contributed by atoms with Gasteiger partial charge in [0.1, 0.15) is 0 Å². The van der Waals surface area contributed by atoms with E-state index in [2.05, 4.69) is 5.32 Å². The number of nitrogens with one attached hydrogen (secondary N) is 1. The van der Waals surface area contributed by atoms with Crippen molar-refractivity contribution in [3.05, 3.63) is 29.3 Å². The molecular weight excluding hydrogens is 288 g/mol. The fourth-order valence-electron chi connectivity index (χ4n) is 2.06. The molecule has 0 unspecified atom stereocenters. The number of benzene rings is 1. The summed E-state index contributed by atoms with van der Waals surface area (Å²) < 4.78 is 24.6. The Hall–Kier alpha value is -1.40. The van der Waals surface area contributed by atoms with E-state index in [4.69, 9.17) is 0 Å². The van der Waals surface area contributed by atoms with E-state index in [0.29, 0.717) is 0 Å². The summed E-state index contributed by atoms with van der Waals surface area (Å²) in [6.07, 6.45) is 1.30. The first-order chi connectivity index (χ1) is 9.61. The molecule has 21 heavy (non-hydrogen) atoms. The topological polar surface area (TPSA) is 66.5 Å². The number of amides is 1. The van der Waals surface area contributed by atoms with Crippen molar-refractivity contribution < 1.29 is 13.2 Å². The molecular formula is C15H24N2O3S. The molecule has 0 atom stereocenters. The molecule has 0 aliphatic rings. The molecule has 0 saturated heterocycles. The number of carbonyl (C=O) groups excluding carboxylic acids is 1. The molecule has 0 fully saturated rings. The van der Waals surface area contributed by atoms with Gasteiger partial charge in [0.05, 0.1) is 6.26 Å². The Bertz CT molecular complexity index is 609. The summed E-state index contributed by atoms with van der Waals surface area (Å²) in [6, 6.07) is 5.54. The summed E-state index contributed by atoms with van der Waals surface area (Å²) in [5.41, 5.74) is 3.00. The average Bonchev–Trinajstić information content (AvgIpc) is 2.32. The number of rotatable bonds is 6. The third-order valence-corrected chi connectivity index (χ3v) is 4.81. The second kappa shape index (κ2) is 7.04. The molecule has 0 spiro atoms. The highest BCUT2D eigenvalue weighted by atomic mass is 32.2. The maximum Gasteiger partial charge on any atom is 0.225 e. The Balaban J connectivity index is 2.63. The van der Waals surface area contributed by atoms with Gasteiger partial charge in [-0.25, -0.2) is 8.42 Å². The van der Waals surface area contributed by atoms with Crippen LogP contribution < -0.4 is 5.32 Å². The van der Waals surface area contributed by atoms with Crippen LogP contribution in [0, 0.1) is 13.8 Å². The van der Waals surface area contributed by atoms with Crippen molar-refractivity contribution in [1.29, 1.82) is 0 Å². The van der Waals surface area contributed by atoms with Gasteiger partial charge in [0.2, 0.25) is 15.9 Å². The van der Waals surface area contributed by atoms with Crippen LogP contribution in [0.25, 0.3) is 0 Å². The minimum absolute atomic E-state index is 0.137. The molecule has 1 aromatic carbocycles. The molecule has 0 saturated carbocycles. The first-order valence-corrected chi connectivity index (χ1v) is 8.80. The lowest BCUT2D eigenvalue weighted by Gasteiger charge is -2.23. The van der Waals surface area contributed by atoms with Crippen molar-refractivity contribution in [2.45, 2.75) is 40.2 Å². The van der Waals surface area contributed by atoms with E-state index < -0.39 is 10.0 Å². The van der Waals surface area contributed by atoms with Gasteiger partial charge in [-0.1, -0.05) is 6.07 Å². The fraction of sp³-hybridized carbons (Fsp3) is 0.533. The van der Waals surface area contributed by atoms with Gasteiger partial charge in [0.15, 0.2) is 0 Å². The highest BCUT2D eigenvalue weighted by molar-refractivity contribution is 7.88. The zero-order valence-electron chi connectivity index (χ0n) is 13.3. The molecule has 0 aliphatic heterocycles. The van der Waals surface area contributed by atoms with Crippen molar-refractivity contribution in [1.82, 2.24) is 4.31 Å². The van der Waals surface area contributed by atoms with E-state index in [1.807, 2.05) is 32.0 Å². The zero-order valence-corrected chi connectivity index (χ0v) is 14.1. The van der Waals surface area contributed by atoms with Crippen LogP contribution in [0.4, 0.5) is 5.69 Å². The van der Waals surface area contributed by atoms with Gasteiger partial charge < -0.3 is 5.32 Å². The monoisotopic (exact) mass is 312 g/mol. The lowest BCUT2D eigenvalue weighted by atomic mass is 10.1. The third kappa shape index (κ3) is 5.47. The van der Waals surface area contributed by atoms with Crippen molar-refractivity contribution in [3.63, 3.8) is 0 Å². The highest BCUT2D eigenvalue weighted by Crippen LogP contribution is 2.14. The summed E-state index contributed by atoms with van der Waals surface area (Å²) in [4.78, 5) is 11.9. The first-order valence-electron chi connectivity index (χ1n) is 6.95. The van der Waals surface area contributed by atoms with Crippen LogP contribution in [0.3, 0.4) is 0 Å². The van der Waals surface area contributed by atoms with Crippen LogP contribution in [0.2, 0.25) is 0 Å². The maximum absolute atomic E-state index is 11.9. The van der Waals surface area contributed by atoms with Gasteiger partial charge in [-0.05, 0) is 51.0 Å². The normalized spacial score (nSPS) is 12.0. The quantitative estimate of drug-likeness (QED) is 0.876. The number of hydrogen-bond donors (Lipinski definition) is 1. The Kier molecular flexibility index (Phi) is 5.92. The van der Waals surface area contributed by atoms with Crippen LogP contribution in [-0.2, 0) is 14.8 Å². The van der Waals surface area contributed by atoms with E-state index in [1.165, 1.54) is 4.31 Å². The van der Waals surface area contributed by atoms with Gasteiger partial charge in [-0.2, -0.15) is 4.31 Å². The van der Waals surface area contributed by atoms with Crippen molar-refractivity contribution in [3.8, 4) is 0 Å². The Labute approximate surface area is 127 Å². The van der Waals surface area contributed by atoms with E-state index >= 15 is 0 Å². The predicted molar refractivity (Wildman–Crippen MR) is 85.8 cm³/mol. The fourth-order valence-corrected chi connectivity index (χ4v) is 3.25. The number of sulfonamides is 1. The van der Waals surface area contributed by atoms with Crippen molar-refractivity contribution in [2.24, 2.45) is 0 Å². The molecule has 1 aromatic rings. The number of hydrogen-bond acceptors (Lipinski definition) is 3. The number of anilines is 1. The van der Waals surface area contributed by atoms with Gasteiger partial charge in [-0.3, -0.25) is 4.79 Å². The summed E-state index contributed by atoms with van der Waals surface area (Å²) in [5.74, 6) is -0.187. The van der Waals surface area contributed by atoms with E-state index in [0.717, 1.165) is 23.1 Å². The van der Waals surface area contributed by atoms with Crippen LogP contribution >= 0.6 is 0 Å². The lowest BCUT2D eigenvalue weighted by Crippen LogP contribution is -2.38. The number of nitrogens with zero attached hydrogens (tertiary/aromatic N) is 1. The minimum Gasteiger partial charge on any atom is -0.326 e. The molecule has 1 rings (SSSR count). The lowest BCUT2D eigenvalue weighted by molar-refractivity contribution is -0.116. The zero-order chi connectivity index (χ0) is 16.2. The second-order valence-electron chi connectivity index (χ2n) is 5.56. The van der Waals surface area contributed by atoms with E-state index in [-0.39, 0.29) is 24.9 Å². The molecule has 6 heteroatoms. The van der Waals surface area contributed by atoms with Gasteiger partial charge in [0.25, 0.3) is 0 Å². The molecule has 0 radical (unpaired) electrons. The molecule has 118 valence electrons. The Morgan fingerprint density at radius 2 is 1.86 bits per heavy atom. The Morgan fingerprint density at radius 3 is 2.33 bits per heavy atom. The smallest absolute Gasteiger partial charge is 0.225 e. The predicted octanol–water partition coefficient (Wildman–Crippen LogP) is 2.30. The molecule has 5 nitrogen and oxygen atoms in total. The molecule has 0 aliphatic carbocycles. The molecule has 0 heterocycles. The molecule has 1 amide bonds. The maximum atomic E-state index is 11.9. The first kappa shape index (κ1) is 17.7. The largest absolute Gasteiger partial charge is 0.326 e. The SMILES string of the molecule is Cc1ccc(NC(=O)CCN(C(C)C)S(C)(=O)=O)cc1C. The molecule has 0 aromatic heterocycles. The molecule has 1 N–H and O–H groups in total. The van der Waals surface area contributed by atoms with Crippen LogP contribution in [0.5, 0.6) is 0 Å². The van der Waals surface area contributed by atoms with Crippen LogP contribution in [0.15, 0.2) is 18.2 Å². The summed E-state index contributed by atoms with van der Waals surface area (Å²) in [7, 11) is -3.29. The van der Waals surface area contributed by atoms with Crippen molar-refractivity contribution in [2.75, 3.05) is 18.1 Å². The van der Waals surface area contributed by atoms with Gasteiger partial charge >= 0.3 is 0 Å². The minimum atomic E-state index is -3.29. The van der Waals surface area contributed by atoms with Gasteiger partial charge in [-0.15, -0.1) is 0 Å². The number of carbonyl (C=O) groups is 1.